The zero-order valence-corrected chi connectivity index (χ0v) is 8.53. The highest BCUT2D eigenvalue weighted by Gasteiger charge is 2.10. The number of amides is 1. The van der Waals surface area contributed by atoms with Gasteiger partial charge in [0, 0.05) is 12.1 Å². The van der Waals surface area contributed by atoms with Crippen LogP contribution in [0.25, 0.3) is 0 Å². The SMILES string of the molecule is N#Cc1ccc(NC2=NCCC(=O)N2)cc1. The van der Waals surface area contributed by atoms with Crippen molar-refractivity contribution in [3.8, 4) is 6.07 Å². The monoisotopic (exact) mass is 214 g/mol. The second-order valence-electron chi connectivity index (χ2n) is 3.34. The van der Waals surface area contributed by atoms with Crippen LogP contribution in [0, 0.1) is 11.3 Å². The van der Waals surface area contributed by atoms with Gasteiger partial charge in [-0.15, -0.1) is 0 Å². The Bertz CT molecular complexity index is 470. The van der Waals surface area contributed by atoms with Gasteiger partial charge in [0.25, 0.3) is 0 Å². The van der Waals surface area contributed by atoms with Crippen molar-refractivity contribution in [3.05, 3.63) is 29.8 Å². The Morgan fingerprint density at radius 1 is 1.38 bits per heavy atom. The minimum atomic E-state index is -0.0360. The van der Waals surface area contributed by atoms with Crippen molar-refractivity contribution >= 4 is 17.6 Å². The number of anilines is 1. The summed E-state index contributed by atoms with van der Waals surface area (Å²) in [6.45, 7) is 0.504. The van der Waals surface area contributed by atoms with Crippen molar-refractivity contribution in [3.63, 3.8) is 0 Å². The number of benzene rings is 1. The van der Waals surface area contributed by atoms with Crippen molar-refractivity contribution in [1.29, 1.82) is 5.26 Å². The second kappa shape index (κ2) is 4.45. The van der Waals surface area contributed by atoms with Gasteiger partial charge in [-0.3, -0.25) is 15.1 Å². The number of nitriles is 1. The van der Waals surface area contributed by atoms with Gasteiger partial charge < -0.3 is 5.32 Å². The molecule has 2 rings (SSSR count). The van der Waals surface area contributed by atoms with Gasteiger partial charge in [0.2, 0.25) is 11.9 Å². The van der Waals surface area contributed by atoms with Gasteiger partial charge in [-0.2, -0.15) is 5.26 Å². The summed E-state index contributed by atoms with van der Waals surface area (Å²) in [4.78, 5) is 15.2. The third-order valence-electron chi connectivity index (χ3n) is 2.14. The number of nitrogens with zero attached hydrogens (tertiary/aromatic N) is 2. The van der Waals surface area contributed by atoms with Crippen LogP contribution < -0.4 is 10.6 Å². The molecule has 2 N–H and O–H groups in total. The van der Waals surface area contributed by atoms with E-state index < -0.39 is 0 Å². The van der Waals surface area contributed by atoms with Crippen molar-refractivity contribution in [2.24, 2.45) is 4.99 Å². The zero-order chi connectivity index (χ0) is 11.4. The fraction of sp³-hybridized carbons (Fsp3) is 0.182. The third-order valence-corrected chi connectivity index (χ3v) is 2.14. The van der Waals surface area contributed by atoms with E-state index in [1.807, 2.05) is 6.07 Å². The highest BCUT2D eigenvalue weighted by Crippen LogP contribution is 2.09. The molecule has 0 bridgehead atoms. The van der Waals surface area contributed by atoms with Crippen LogP contribution in [0.4, 0.5) is 5.69 Å². The lowest BCUT2D eigenvalue weighted by Crippen LogP contribution is -2.39. The molecule has 5 nitrogen and oxygen atoms in total. The molecule has 0 spiro atoms. The van der Waals surface area contributed by atoms with Gasteiger partial charge in [0.05, 0.1) is 18.2 Å². The van der Waals surface area contributed by atoms with Crippen LogP contribution in [0.15, 0.2) is 29.3 Å². The second-order valence-corrected chi connectivity index (χ2v) is 3.34. The van der Waals surface area contributed by atoms with Gasteiger partial charge >= 0.3 is 0 Å². The largest absolute Gasteiger partial charge is 0.326 e. The van der Waals surface area contributed by atoms with Crippen molar-refractivity contribution in [2.75, 3.05) is 11.9 Å². The molecule has 0 atom stereocenters. The number of aliphatic imine (C=N–C) groups is 1. The molecule has 0 radical (unpaired) electrons. The first-order valence-electron chi connectivity index (χ1n) is 4.89. The summed E-state index contributed by atoms with van der Waals surface area (Å²) in [6.07, 6.45) is 0.429. The Balaban J connectivity index is 2.06. The minimum Gasteiger partial charge on any atom is -0.326 e. The van der Waals surface area contributed by atoms with E-state index in [1.165, 1.54) is 0 Å². The van der Waals surface area contributed by atoms with Gasteiger partial charge in [0.1, 0.15) is 0 Å². The van der Waals surface area contributed by atoms with Crippen molar-refractivity contribution in [2.45, 2.75) is 6.42 Å². The molecule has 1 aliphatic rings. The van der Waals surface area contributed by atoms with Crippen LogP contribution in [-0.4, -0.2) is 18.4 Å². The van der Waals surface area contributed by atoms with Crippen LogP contribution >= 0.6 is 0 Å². The molecule has 80 valence electrons. The number of hydrogen-bond donors (Lipinski definition) is 2. The van der Waals surface area contributed by atoms with E-state index in [4.69, 9.17) is 5.26 Å². The van der Waals surface area contributed by atoms with E-state index in [1.54, 1.807) is 24.3 Å². The van der Waals surface area contributed by atoms with E-state index >= 15 is 0 Å². The molecule has 1 aromatic rings. The van der Waals surface area contributed by atoms with E-state index in [0.29, 0.717) is 24.5 Å². The lowest BCUT2D eigenvalue weighted by atomic mass is 10.2. The van der Waals surface area contributed by atoms with Crippen molar-refractivity contribution in [1.82, 2.24) is 5.32 Å². The first kappa shape index (κ1) is 10.2. The highest BCUT2D eigenvalue weighted by molar-refractivity contribution is 6.05. The van der Waals surface area contributed by atoms with Crippen molar-refractivity contribution < 1.29 is 4.79 Å². The smallest absolute Gasteiger partial charge is 0.228 e. The topological polar surface area (TPSA) is 77.3 Å². The predicted octanol–water partition coefficient (Wildman–Crippen LogP) is 0.846. The first-order valence-corrected chi connectivity index (χ1v) is 4.89. The van der Waals surface area contributed by atoms with Gasteiger partial charge in [-0.25, -0.2) is 0 Å². The lowest BCUT2D eigenvalue weighted by molar-refractivity contribution is -0.119. The van der Waals surface area contributed by atoms with Crippen LogP contribution in [0.5, 0.6) is 0 Å². The zero-order valence-electron chi connectivity index (χ0n) is 8.53. The third kappa shape index (κ3) is 2.36. The molecule has 5 heteroatoms. The van der Waals surface area contributed by atoms with Crippen LogP contribution in [0.1, 0.15) is 12.0 Å². The molecule has 1 aliphatic heterocycles. The maximum Gasteiger partial charge on any atom is 0.228 e. The van der Waals surface area contributed by atoms with E-state index in [9.17, 15) is 4.79 Å². The molecular formula is C11H10N4O. The Morgan fingerprint density at radius 2 is 2.12 bits per heavy atom. The average molecular weight is 214 g/mol. The first-order chi connectivity index (χ1) is 7.78. The Morgan fingerprint density at radius 3 is 2.75 bits per heavy atom. The molecular weight excluding hydrogens is 204 g/mol. The highest BCUT2D eigenvalue weighted by atomic mass is 16.1. The maximum absolute atomic E-state index is 11.1. The fourth-order valence-corrected chi connectivity index (χ4v) is 1.34. The molecule has 0 unspecified atom stereocenters. The van der Waals surface area contributed by atoms with Crippen LogP contribution in [0.3, 0.4) is 0 Å². The summed E-state index contributed by atoms with van der Waals surface area (Å²) in [5.74, 6) is 0.423. The molecule has 0 saturated carbocycles. The molecule has 0 saturated heterocycles. The number of carbonyl (C=O) groups excluding carboxylic acids is 1. The Hall–Kier alpha value is -2.35. The summed E-state index contributed by atoms with van der Waals surface area (Å²) in [5.41, 5.74) is 1.39. The molecule has 16 heavy (non-hydrogen) atoms. The minimum absolute atomic E-state index is 0.0360. The molecule has 1 heterocycles. The molecule has 0 fully saturated rings. The Kier molecular flexibility index (Phi) is 2.83. The number of guanidine groups is 1. The Labute approximate surface area is 92.8 Å². The normalized spacial score (nSPS) is 14.7. The van der Waals surface area contributed by atoms with Crippen LogP contribution in [-0.2, 0) is 4.79 Å². The fourth-order valence-electron chi connectivity index (χ4n) is 1.34. The molecule has 1 aromatic carbocycles. The van der Waals surface area contributed by atoms with Gasteiger partial charge in [-0.1, -0.05) is 0 Å². The molecule has 1 amide bonds. The molecule has 0 aliphatic carbocycles. The number of rotatable bonds is 1. The summed E-state index contributed by atoms with van der Waals surface area (Å²) in [6, 6.07) is 8.97. The predicted molar refractivity (Wildman–Crippen MR) is 59.8 cm³/mol. The quantitative estimate of drug-likeness (QED) is 0.727. The summed E-state index contributed by atoms with van der Waals surface area (Å²) in [7, 11) is 0. The molecule has 0 aromatic heterocycles. The number of hydrogen-bond acceptors (Lipinski definition) is 4. The van der Waals surface area contributed by atoms with Gasteiger partial charge in [0.15, 0.2) is 0 Å². The maximum atomic E-state index is 11.1. The summed E-state index contributed by atoms with van der Waals surface area (Å²) >= 11 is 0. The number of carbonyl (C=O) groups is 1. The van der Waals surface area contributed by atoms with E-state index in [0.717, 1.165) is 5.69 Å². The average Bonchev–Trinajstić information content (AvgIpc) is 2.30. The summed E-state index contributed by atoms with van der Waals surface area (Å²) in [5, 5.41) is 14.2. The van der Waals surface area contributed by atoms with Crippen LogP contribution in [0.2, 0.25) is 0 Å². The standard InChI is InChI=1S/C11H10N4O/c12-7-8-1-3-9(4-2-8)14-11-13-6-5-10(16)15-11/h1-4H,5-6H2,(H2,13,14,15,16). The number of nitrogens with one attached hydrogen (secondary N) is 2. The lowest BCUT2D eigenvalue weighted by Gasteiger charge is -2.14. The van der Waals surface area contributed by atoms with E-state index in [2.05, 4.69) is 15.6 Å². The summed E-state index contributed by atoms with van der Waals surface area (Å²) < 4.78 is 0. The van der Waals surface area contributed by atoms with E-state index in [-0.39, 0.29) is 5.91 Å². The van der Waals surface area contributed by atoms with Gasteiger partial charge in [-0.05, 0) is 24.3 Å².